The fourth-order valence-corrected chi connectivity index (χ4v) is 3.73. The van der Waals surface area contributed by atoms with E-state index in [0.29, 0.717) is 19.8 Å². The monoisotopic (exact) mass is 441 g/mol. The fourth-order valence-electron chi connectivity index (χ4n) is 2.77. The molecule has 2 fully saturated rings. The molecule has 4 rings (SSSR count). The minimum atomic E-state index is -3.13. The molecule has 1 aromatic heterocycles. The summed E-state index contributed by atoms with van der Waals surface area (Å²) >= 11 is 6.94. The second-order valence-electron chi connectivity index (χ2n) is 6.01. The summed E-state index contributed by atoms with van der Waals surface area (Å²) in [5.74, 6) is -1.77. The molecule has 152 valence electrons. The Kier molecular flexibility index (Phi) is 3.93. The van der Waals surface area contributed by atoms with Crippen molar-refractivity contribution in [3.63, 3.8) is 0 Å². The van der Waals surface area contributed by atoms with Crippen LogP contribution >= 0.6 is 22.9 Å². The highest BCUT2D eigenvalue weighted by Gasteiger charge is 2.33. The molecule has 8 nitrogen and oxygen atoms in total. The number of nitrogens with one attached hydrogen (secondary N) is 1. The third-order valence-corrected chi connectivity index (χ3v) is 5.36. The Balaban J connectivity index is 1.46. The van der Waals surface area contributed by atoms with Crippen molar-refractivity contribution in [3.8, 4) is 0 Å². The van der Waals surface area contributed by atoms with Crippen LogP contribution in [0.1, 0.15) is 17.9 Å². The number of carbonyl (C=O) groups excluding carboxylic acids is 3. The van der Waals surface area contributed by atoms with Gasteiger partial charge in [0.2, 0.25) is 0 Å². The number of hydrogen-bond donors (Lipinski definition) is 1. The normalized spacial score (nSPS) is 27.7. The Hall–Kier alpha value is -2.62. The maximum Gasteiger partial charge on any atom is 0.414 e. The highest BCUT2D eigenvalue weighted by atomic mass is 35.5. The van der Waals surface area contributed by atoms with Crippen molar-refractivity contribution in [2.45, 2.75) is 6.10 Å². The van der Waals surface area contributed by atoms with E-state index < -0.39 is 37.7 Å². The van der Waals surface area contributed by atoms with E-state index in [2.05, 4.69) is 10.1 Å². The SMILES string of the molecule is [2H]C1([2H])OC([2H])([2H])C([2H])([2H])N(c2ccc(N3C[C@H](CNC(=O)c4ccc(Cl)s4)OC3=O)cc2)C1=O. The van der Waals surface area contributed by atoms with Gasteiger partial charge < -0.3 is 19.7 Å². The number of amides is 3. The van der Waals surface area contributed by atoms with E-state index in [1.54, 1.807) is 12.1 Å². The van der Waals surface area contributed by atoms with Crippen LogP contribution in [-0.2, 0) is 14.3 Å². The first-order valence-electron chi connectivity index (χ1n) is 11.4. The third kappa shape index (κ3) is 4.36. The van der Waals surface area contributed by atoms with Crippen molar-refractivity contribution >= 4 is 52.2 Å². The maximum atomic E-state index is 12.5. The van der Waals surface area contributed by atoms with Gasteiger partial charge in [-0.25, -0.2) is 4.79 Å². The highest BCUT2D eigenvalue weighted by Crippen LogP contribution is 2.26. The second kappa shape index (κ2) is 8.40. The second-order valence-corrected chi connectivity index (χ2v) is 7.72. The largest absolute Gasteiger partial charge is 0.442 e. The standard InChI is InChI=1S/C19H18ClN3O5S/c20-16-6-5-15(29-16)18(25)21-9-14-10-23(19(26)28-14)13-3-1-12(2-4-13)22-7-8-27-11-17(22)24/h1-6,14H,7-11H2,(H,21,25)/t14-/m0/s1/i7D2,8D2,11D2. The number of thiophene rings is 1. The maximum absolute atomic E-state index is 12.5. The van der Waals surface area contributed by atoms with Gasteiger partial charge in [0.1, 0.15) is 12.7 Å². The number of benzene rings is 1. The van der Waals surface area contributed by atoms with E-state index in [0.717, 1.165) is 11.3 Å². The molecule has 1 N–H and O–H groups in total. The molecular formula is C19H18ClN3O5S. The summed E-state index contributed by atoms with van der Waals surface area (Å²) in [4.78, 5) is 39.1. The van der Waals surface area contributed by atoms with Crippen molar-refractivity contribution in [3.05, 3.63) is 45.6 Å². The van der Waals surface area contributed by atoms with Gasteiger partial charge in [0.15, 0.2) is 0 Å². The quantitative estimate of drug-likeness (QED) is 0.770. The number of ether oxygens (including phenoxy) is 2. The molecule has 0 aliphatic carbocycles. The van der Waals surface area contributed by atoms with E-state index in [4.69, 9.17) is 24.6 Å². The lowest BCUT2D eigenvalue weighted by atomic mass is 10.2. The zero-order chi connectivity index (χ0) is 25.8. The molecule has 2 aliphatic heterocycles. The summed E-state index contributed by atoms with van der Waals surface area (Å²) in [7, 11) is 0. The van der Waals surface area contributed by atoms with Crippen molar-refractivity contribution in [2.24, 2.45) is 0 Å². The zero-order valence-electron chi connectivity index (χ0n) is 20.7. The number of halogens is 1. The molecule has 3 amide bonds. The van der Waals surface area contributed by atoms with Gasteiger partial charge in [0.05, 0.1) is 37.1 Å². The minimum absolute atomic E-state index is 0.0569. The molecule has 2 saturated heterocycles. The lowest BCUT2D eigenvalue weighted by molar-refractivity contribution is -0.125. The average molecular weight is 442 g/mol. The molecular weight excluding hydrogens is 418 g/mol. The van der Waals surface area contributed by atoms with Crippen molar-refractivity contribution < 1.29 is 32.1 Å². The lowest BCUT2D eigenvalue weighted by Gasteiger charge is -2.27. The molecule has 2 aliphatic rings. The number of cyclic esters (lactones) is 1. The van der Waals surface area contributed by atoms with Gasteiger partial charge in [-0.3, -0.25) is 14.5 Å². The van der Waals surface area contributed by atoms with Gasteiger partial charge in [-0.1, -0.05) is 11.6 Å². The van der Waals surface area contributed by atoms with Gasteiger partial charge in [0.25, 0.3) is 11.8 Å². The Morgan fingerprint density at radius 2 is 1.93 bits per heavy atom. The van der Waals surface area contributed by atoms with Gasteiger partial charge in [-0.05, 0) is 36.4 Å². The predicted octanol–water partition coefficient (Wildman–Crippen LogP) is 2.52. The van der Waals surface area contributed by atoms with Crippen LogP contribution in [-0.4, -0.2) is 56.7 Å². The number of nitrogens with zero attached hydrogens (tertiary/aromatic N) is 2. The minimum Gasteiger partial charge on any atom is -0.442 e. The summed E-state index contributed by atoms with van der Waals surface area (Å²) in [5, 5.41) is 2.67. The smallest absolute Gasteiger partial charge is 0.414 e. The van der Waals surface area contributed by atoms with Crippen LogP contribution in [0, 0.1) is 0 Å². The summed E-state index contributed by atoms with van der Waals surface area (Å²) in [5.41, 5.74) is 0.204. The first kappa shape index (κ1) is 13.6. The van der Waals surface area contributed by atoms with Crippen molar-refractivity contribution in [2.75, 3.05) is 42.5 Å². The molecule has 0 bridgehead atoms. The van der Waals surface area contributed by atoms with Gasteiger partial charge >= 0.3 is 6.09 Å². The van der Waals surface area contributed by atoms with Crippen LogP contribution in [0.4, 0.5) is 16.2 Å². The first-order chi connectivity index (χ1) is 16.2. The van der Waals surface area contributed by atoms with E-state index in [1.165, 1.54) is 29.2 Å². The first-order valence-corrected chi connectivity index (χ1v) is 9.59. The summed E-state index contributed by atoms with van der Waals surface area (Å²) < 4.78 is 57.0. The Morgan fingerprint density at radius 1 is 1.21 bits per heavy atom. The van der Waals surface area contributed by atoms with E-state index in [9.17, 15) is 14.4 Å². The molecule has 10 heteroatoms. The number of rotatable bonds is 5. The van der Waals surface area contributed by atoms with E-state index >= 15 is 0 Å². The Bertz CT molecular complexity index is 1180. The van der Waals surface area contributed by atoms with Crippen molar-refractivity contribution in [1.29, 1.82) is 0 Å². The molecule has 0 saturated carbocycles. The van der Waals surface area contributed by atoms with Crippen LogP contribution in [0.15, 0.2) is 36.4 Å². The Morgan fingerprint density at radius 3 is 2.62 bits per heavy atom. The van der Waals surface area contributed by atoms with Gasteiger partial charge in [-0.15, -0.1) is 11.3 Å². The van der Waals surface area contributed by atoms with Gasteiger partial charge in [-0.2, -0.15) is 0 Å². The molecule has 1 atom stereocenters. The third-order valence-electron chi connectivity index (χ3n) is 4.13. The zero-order valence-corrected chi connectivity index (χ0v) is 16.2. The fraction of sp³-hybridized carbons (Fsp3) is 0.316. The van der Waals surface area contributed by atoms with Crippen molar-refractivity contribution in [1.82, 2.24) is 5.32 Å². The molecule has 0 unspecified atom stereocenters. The average Bonchev–Trinajstić information content (AvgIpc) is 3.36. The number of morpholine rings is 1. The number of anilines is 2. The molecule has 0 spiro atoms. The number of carbonyl (C=O) groups is 3. The molecule has 2 aromatic rings. The summed E-state index contributed by atoms with van der Waals surface area (Å²) in [6.07, 6.45) is -1.32. The summed E-state index contributed by atoms with van der Waals surface area (Å²) in [6.45, 7) is -9.07. The number of hydrogen-bond acceptors (Lipinski definition) is 6. The summed E-state index contributed by atoms with van der Waals surface area (Å²) in [6, 6.07) is 8.46. The molecule has 29 heavy (non-hydrogen) atoms. The predicted molar refractivity (Wildman–Crippen MR) is 109 cm³/mol. The van der Waals surface area contributed by atoms with E-state index in [1.807, 2.05) is 0 Å². The molecule has 0 radical (unpaired) electrons. The van der Waals surface area contributed by atoms with E-state index in [-0.39, 0.29) is 24.7 Å². The van der Waals surface area contributed by atoms with Crippen LogP contribution < -0.4 is 15.1 Å². The topological polar surface area (TPSA) is 88.2 Å². The lowest BCUT2D eigenvalue weighted by Crippen LogP contribution is -2.41. The highest BCUT2D eigenvalue weighted by molar-refractivity contribution is 7.18. The van der Waals surface area contributed by atoms with Gasteiger partial charge in [0, 0.05) is 17.9 Å². The van der Waals surface area contributed by atoms with Crippen LogP contribution in [0.5, 0.6) is 0 Å². The van der Waals surface area contributed by atoms with Crippen LogP contribution in [0.25, 0.3) is 0 Å². The van der Waals surface area contributed by atoms with Crippen LogP contribution in [0.3, 0.4) is 0 Å². The Labute approximate surface area is 184 Å². The molecule has 1 aromatic carbocycles. The van der Waals surface area contributed by atoms with Crippen LogP contribution in [0.2, 0.25) is 4.34 Å². The molecule has 3 heterocycles.